The van der Waals surface area contributed by atoms with E-state index in [1.54, 1.807) is 24.3 Å². The summed E-state index contributed by atoms with van der Waals surface area (Å²) in [4.78, 5) is 13.4. The number of fused-ring (bicyclic) bond motifs is 1. The van der Waals surface area contributed by atoms with Crippen LogP contribution in [-0.2, 0) is 14.8 Å². The molecule has 1 saturated heterocycles. The van der Waals surface area contributed by atoms with Crippen LogP contribution in [0.15, 0.2) is 47.4 Å². The molecule has 7 nitrogen and oxygen atoms in total. The first-order chi connectivity index (χ1) is 15.8. The number of piperidine rings is 1. The minimum atomic E-state index is -3.54. The summed E-state index contributed by atoms with van der Waals surface area (Å²) in [6.07, 6.45) is 1.01. The molecule has 0 aliphatic carbocycles. The van der Waals surface area contributed by atoms with Crippen molar-refractivity contribution >= 4 is 15.9 Å². The van der Waals surface area contributed by atoms with Gasteiger partial charge in [-0.2, -0.15) is 4.31 Å². The molecule has 1 fully saturated rings. The number of sulfonamides is 1. The van der Waals surface area contributed by atoms with E-state index in [1.165, 1.54) is 4.31 Å². The zero-order valence-corrected chi connectivity index (χ0v) is 20.2. The third-order valence-electron chi connectivity index (χ3n) is 6.37. The Kier molecular flexibility index (Phi) is 6.95. The highest BCUT2D eigenvalue weighted by molar-refractivity contribution is 7.89. The van der Waals surface area contributed by atoms with E-state index in [4.69, 9.17) is 9.47 Å². The number of carbonyl (C=O) groups is 1. The van der Waals surface area contributed by atoms with Gasteiger partial charge in [0.05, 0.1) is 10.9 Å². The molecule has 0 radical (unpaired) electrons. The second-order valence-corrected chi connectivity index (χ2v) is 11.1. The average molecular weight is 473 g/mol. The normalized spacial score (nSPS) is 18.2. The highest BCUT2D eigenvalue weighted by Gasteiger charge is 2.33. The number of hydrogen-bond acceptors (Lipinski definition) is 5. The Labute approximate surface area is 196 Å². The molecule has 33 heavy (non-hydrogen) atoms. The van der Waals surface area contributed by atoms with Crippen molar-refractivity contribution in [1.29, 1.82) is 0 Å². The first-order valence-corrected chi connectivity index (χ1v) is 13.0. The van der Waals surface area contributed by atoms with Gasteiger partial charge in [-0.25, -0.2) is 8.42 Å². The van der Waals surface area contributed by atoms with Crippen LogP contribution in [0.25, 0.3) is 0 Å². The molecule has 2 aliphatic heterocycles. The Morgan fingerprint density at radius 3 is 2.27 bits per heavy atom. The van der Waals surface area contributed by atoms with Gasteiger partial charge in [0.1, 0.15) is 13.2 Å². The minimum absolute atomic E-state index is 0.0315. The first kappa shape index (κ1) is 23.6. The molecule has 0 saturated carbocycles. The molecule has 0 bridgehead atoms. The van der Waals surface area contributed by atoms with E-state index in [0.717, 1.165) is 16.9 Å². The van der Waals surface area contributed by atoms with E-state index in [-0.39, 0.29) is 23.8 Å². The largest absolute Gasteiger partial charge is 0.486 e. The number of amides is 1. The summed E-state index contributed by atoms with van der Waals surface area (Å²) >= 11 is 0. The maximum atomic E-state index is 13.1. The lowest BCUT2D eigenvalue weighted by Crippen LogP contribution is -2.44. The third-order valence-corrected chi connectivity index (χ3v) is 8.29. The first-order valence-electron chi connectivity index (χ1n) is 11.5. The van der Waals surface area contributed by atoms with E-state index in [0.29, 0.717) is 49.8 Å². The fourth-order valence-electron chi connectivity index (χ4n) is 4.38. The van der Waals surface area contributed by atoms with Crippen LogP contribution in [0.3, 0.4) is 0 Å². The van der Waals surface area contributed by atoms with Gasteiger partial charge in [0, 0.05) is 19.0 Å². The van der Waals surface area contributed by atoms with Crippen molar-refractivity contribution in [2.24, 2.45) is 11.8 Å². The maximum absolute atomic E-state index is 13.1. The number of nitrogens with one attached hydrogen (secondary N) is 1. The van der Waals surface area contributed by atoms with Crippen molar-refractivity contribution in [1.82, 2.24) is 9.62 Å². The molecule has 2 aromatic carbocycles. The quantitative estimate of drug-likeness (QED) is 0.693. The molecule has 2 aliphatic rings. The van der Waals surface area contributed by atoms with Gasteiger partial charge < -0.3 is 14.8 Å². The predicted molar refractivity (Wildman–Crippen MR) is 126 cm³/mol. The van der Waals surface area contributed by atoms with Crippen molar-refractivity contribution in [2.45, 2.75) is 44.6 Å². The second kappa shape index (κ2) is 9.73. The number of carbonyl (C=O) groups excluding carboxylic acids is 1. The number of rotatable bonds is 6. The molecule has 0 aromatic heterocycles. The monoisotopic (exact) mass is 472 g/mol. The van der Waals surface area contributed by atoms with Gasteiger partial charge in [-0.15, -0.1) is 0 Å². The van der Waals surface area contributed by atoms with Crippen LogP contribution < -0.4 is 14.8 Å². The Bertz CT molecular complexity index is 1090. The van der Waals surface area contributed by atoms with Crippen molar-refractivity contribution in [3.8, 4) is 11.5 Å². The molecule has 8 heteroatoms. The summed E-state index contributed by atoms with van der Waals surface area (Å²) in [5, 5.41) is 3.20. The summed E-state index contributed by atoms with van der Waals surface area (Å²) in [6, 6.07) is 12.5. The van der Waals surface area contributed by atoms with Crippen LogP contribution in [0.4, 0.5) is 0 Å². The van der Waals surface area contributed by atoms with Gasteiger partial charge >= 0.3 is 0 Å². The lowest BCUT2D eigenvalue weighted by atomic mass is 9.92. The van der Waals surface area contributed by atoms with Crippen molar-refractivity contribution in [3.05, 3.63) is 53.6 Å². The van der Waals surface area contributed by atoms with Crippen LogP contribution in [-0.4, -0.2) is 44.9 Å². The molecule has 4 rings (SSSR count). The molecule has 2 aromatic rings. The molecule has 0 unspecified atom stereocenters. The zero-order chi connectivity index (χ0) is 23.6. The van der Waals surface area contributed by atoms with E-state index < -0.39 is 10.0 Å². The van der Waals surface area contributed by atoms with E-state index in [9.17, 15) is 13.2 Å². The van der Waals surface area contributed by atoms with Gasteiger partial charge in [-0.05, 0) is 55.5 Å². The lowest BCUT2D eigenvalue weighted by molar-refractivity contribution is -0.127. The Hall–Kier alpha value is -2.58. The van der Waals surface area contributed by atoms with Crippen molar-refractivity contribution < 1.29 is 22.7 Å². The zero-order valence-electron chi connectivity index (χ0n) is 19.4. The van der Waals surface area contributed by atoms with Gasteiger partial charge in [0.25, 0.3) is 0 Å². The van der Waals surface area contributed by atoms with Crippen molar-refractivity contribution in [3.63, 3.8) is 0 Å². The highest BCUT2D eigenvalue weighted by atomic mass is 32.2. The second-order valence-electron chi connectivity index (χ2n) is 9.12. The number of aryl methyl sites for hydroxylation is 1. The number of nitrogens with zero attached hydrogens (tertiary/aromatic N) is 1. The molecule has 2 heterocycles. The predicted octanol–water partition coefficient (Wildman–Crippen LogP) is 3.68. The highest BCUT2D eigenvalue weighted by Crippen LogP contribution is 2.35. The van der Waals surface area contributed by atoms with Gasteiger partial charge in [-0.3, -0.25) is 4.79 Å². The van der Waals surface area contributed by atoms with E-state index >= 15 is 0 Å². The maximum Gasteiger partial charge on any atom is 0.243 e. The topological polar surface area (TPSA) is 84.9 Å². The van der Waals surface area contributed by atoms with Crippen LogP contribution in [0.2, 0.25) is 0 Å². The van der Waals surface area contributed by atoms with E-state index in [2.05, 4.69) is 19.2 Å². The van der Waals surface area contributed by atoms with Crippen LogP contribution in [0, 0.1) is 18.8 Å². The number of hydrogen-bond donors (Lipinski definition) is 1. The van der Waals surface area contributed by atoms with Gasteiger partial charge in [-0.1, -0.05) is 37.6 Å². The van der Waals surface area contributed by atoms with Crippen LogP contribution >= 0.6 is 0 Å². The lowest BCUT2D eigenvalue weighted by Gasteiger charge is -2.32. The fraction of sp³-hybridized carbons (Fsp3) is 0.480. The smallest absolute Gasteiger partial charge is 0.243 e. The fourth-order valence-corrected chi connectivity index (χ4v) is 5.85. The van der Waals surface area contributed by atoms with Crippen LogP contribution in [0.1, 0.15) is 43.9 Å². The third kappa shape index (κ3) is 5.17. The Morgan fingerprint density at radius 2 is 1.64 bits per heavy atom. The summed E-state index contributed by atoms with van der Waals surface area (Å²) in [5.41, 5.74) is 1.99. The number of benzene rings is 2. The van der Waals surface area contributed by atoms with Crippen LogP contribution in [0.5, 0.6) is 11.5 Å². The molecular formula is C25H32N2O5S. The molecule has 1 atom stereocenters. The number of ether oxygens (including phenoxy) is 2. The van der Waals surface area contributed by atoms with Gasteiger partial charge in [0.15, 0.2) is 11.5 Å². The molecular weight excluding hydrogens is 440 g/mol. The molecule has 0 spiro atoms. The summed E-state index contributed by atoms with van der Waals surface area (Å²) in [5.74, 6) is 1.36. The molecule has 178 valence electrons. The van der Waals surface area contributed by atoms with Crippen molar-refractivity contribution in [2.75, 3.05) is 26.3 Å². The Morgan fingerprint density at radius 1 is 1.00 bits per heavy atom. The summed E-state index contributed by atoms with van der Waals surface area (Å²) in [7, 11) is -3.54. The summed E-state index contributed by atoms with van der Waals surface area (Å²) in [6.45, 7) is 7.79. The minimum Gasteiger partial charge on any atom is -0.486 e. The molecule has 1 amide bonds. The Balaban J connectivity index is 1.40. The average Bonchev–Trinajstić information content (AvgIpc) is 2.82. The molecule has 1 N–H and O–H groups in total. The summed E-state index contributed by atoms with van der Waals surface area (Å²) < 4.78 is 38.7. The van der Waals surface area contributed by atoms with E-state index in [1.807, 2.05) is 25.1 Å². The van der Waals surface area contributed by atoms with Gasteiger partial charge in [0.2, 0.25) is 15.9 Å². The SMILES string of the molecule is Cc1ccc(S(=O)(=O)N2CCC(C(=O)N[C@@H](c3ccc4c(c3)OCCO4)C(C)C)CC2)cc1. The standard InChI is InChI=1S/C25H32N2O5S/c1-17(2)24(20-6-9-22-23(16-20)32-15-14-31-22)26-25(28)19-10-12-27(13-11-19)33(29,30)21-7-4-18(3)5-8-21/h4-9,16-17,19,24H,10-15H2,1-3H3,(H,26,28)/t24-/m1/s1.